The van der Waals surface area contributed by atoms with Crippen molar-refractivity contribution in [3.8, 4) is 0 Å². The quantitative estimate of drug-likeness (QED) is 0.915. The lowest BCUT2D eigenvalue weighted by Crippen LogP contribution is -2.40. The van der Waals surface area contributed by atoms with Gasteiger partial charge in [-0.1, -0.05) is 0 Å². The molecule has 1 saturated heterocycles. The molecule has 1 atom stereocenters. The summed E-state index contributed by atoms with van der Waals surface area (Å²) < 4.78 is 51.7. The summed E-state index contributed by atoms with van der Waals surface area (Å²) in [5.41, 5.74) is 0. The van der Waals surface area contributed by atoms with Gasteiger partial charge in [0.15, 0.2) is 11.6 Å². The van der Waals surface area contributed by atoms with Gasteiger partial charge in [0.05, 0.1) is 4.90 Å². The molecule has 0 saturated carbocycles. The molecule has 1 aromatic rings. The van der Waals surface area contributed by atoms with E-state index in [1.807, 2.05) is 0 Å². The van der Waals surface area contributed by atoms with Crippen LogP contribution in [-0.4, -0.2) is 37.5 Å². The molecule has 0 radical (unpaired) electrons. The van der Waals surface area contributed by atoms with Crippen LogP contribution < -0.4 is 0 Å². The minimum atomic E-state index is -3.83. The van der Waals surface area contributed by atoms with E-state index in [-0.39, 0.29) is 24.0 Å². The topological polar surface area (TPSA) is 57.6 Å². The molecule has 7 heteroatoms. The highest BCUT2D eigenvalue weighted by Crippen LogP contribution is 2.24. The Morgan fingerprint density at radius 1 is 1.32 bits per heavy atom. The first-order valence-corrected chi connectivity index (χ1v) is 7.45. The number of halogens is 2. The Bertz CT molecular complexity index is 562. The van der Waals surface area contributed by atoms with Gasteiger partial charge in [-0.3, -0.25) is 0 Å². The Balaban J connectivity index is 2.28. The summed E-state index contributed by atoms with van der Waals surface area (Å²) in [7, 11) is -3.83. The smallest absolute Gasteiger partial charge is 0.243 e. The zero-order valence-corrected chi connectivity index (χ0v) is 11.0. The molecule has 0 aromatic heterocycles. The van der Waals surface area contributed by atoms with E-state index in [4.69, 9.17) is 5.11 Å². The second kappa shape index (κ2) is 5.52. The Morgan fingerprint density at radius 3 is 2.68 bits per heavy atom. The van der Waals surface area contributed by atoms with Crippen LogP contribution in [-0.2, 0) is 10.0 Å². The third-order valence-electron chi connectivity index (χ3n) is 3.27. The molecular formula is C12H15F2NO3S. The van der Waals surface area contributed by atoms with Gasteiger partial charge in [-0.05, 0) is 37.0 Å². The largest absolute Gasteiger partial charge is 0.396 e. The lowest BCUT2D eigenvalue weighted by Gasteiger charge is -2.30. The standard InChI is InChI=1S/C12H15F2NO3S/c13-11-4-3-10(6-12(11)14)19(17,18)15-5-1-2-9(7-15)8-16/h3-4,6,9,16H,1-2,5,7-8H2. The average Bonchev–Trinajstić information content (AvgIpc) is 2.41. The van der Waals surface area contributed by atoms with Crippen molar-refractivity contribution >= 4 is 10.0 Å². The monoisotopic (exact) mass is 291 g/mol. The van der Waals surface area contributed by atoms with Crippen molar-refractivity contribution in [1.82, 2.24) is 4.31 Å². The maximum atomic E-state index is 13.1. The van der Waals surface area contributed by atoms with Gasteiger partial charge in [0, 0.05) is 19.7 Å². The Morgan fingerprint density at radius 2 is 2.05 bits per heavy atom. The molecule has 0 amide bonds. The fourth-order valence-corrected chi connectivity index (χ4v) is 3.75. The highest BCUT2D eigenvalue weighted by atomic mass is 32.2. The maximum Gasteiger partial charge on any atom is 0.243 e. The first-order chi connectivity index (χ1) is 8.95. The van der Waals surface area contributed by atoms with Gasteiger partial charge in [-0.15, -0.1) is 0 Å². The Labute approximate surface area is 110 Å². The van der Waals surface area contributed by atoms with E-state index in [0.717, 1.165) is 18.6 Å². The lowest BCUT2D eigenvalue weighted by atomic mass is 10.0. The Hall–Kier alpha value is -1.05. The van der Waals surface area contributed by atoms with Crippen molar-refractivity contribution in [3.05, 3.63) is 29.8 Å². The van der Waals surface area contributed by atoms with Crippen LogP contribution in [0.3, 0.4) is 0 Å². The normalized spacial score (nSPS) is 21.5. The molecule has 0 bridgehead atoms. The summed E-state index contributed by atoms with van der Waals surface area (Å²) in [6.45, 7) is 0.458. The van der Waals surface area contributed by atoms with E-state index < -0.39 is 21.7 Å². The molecular weight excluding hydrogens is 276 g/mol. The molecule has 0 aliphatic carbocycles. The molecule has 2 rings (SSSR count). The van der Waals surface area contributed by atoms with E-state index in [2.05, 4.69) is 0 Å². The van der Waals surface area contributed by atoms with Crippen molar-refractivity contribution in [3.63, 3.8) is 0 Å². The first-order valence-electron chi connectivity index (χ1n) is 6.01. The molecule has 19 heavy (non-hydrogen) atoms. The van der Waals surface area contributed by atoms with Crippen molar-refractivity contribution in [1.29, 1.82) is 0 Å². The third-order valence-corrected chi connectivity index (χ3v) is 5.13. The molecule has 1 N–H and O–H groups in total. The number of benzene rings is 1. The number of rotatable bonds is 3. The number of aliphatic hydroxyl groups is 1. The van der Waals surface area contributed by atoms with Crippen LogP contribution in [0.25, 0.3) is 0 Å². The summed E-state index contributed by atoms with van der Waals surface area (Å²) in [5.74, 6) is -2.36. The molecule has 0 spiro atoms. The molecule has 1 aliphatic rings. The predicted octanol–water partition coefficient (Wildman–Crippen LogP) is 1.36. The number of piperidine rings is 1. The number of hydrogen-bond acceptors (Lipinski definition) is 3. The maximum absolute atomic E-state index is 13.1. The van der Waals surface area contributed by atoms with E-state index >= 15 is 0 Å². The zero-order chi connectivity index (χ0) is 14.0. The van der Waals surface area contributed by atoms with Gasteiger partial charge in [0.25, 0.3) is 0 Å². The Kier molecular flexibility index (Phi) is 4.17. The van der Waals surface area contributed by atoms with Crippen molar-refractivity contribution in [2.24, 2.45) is 5.92 Å². The van der Waals surface area contributed by atoms with Crippen LogP contribution in [0.5, 0.6) is 0 Å². The zero-order valence-electron chi connectivity index (χ0n) is 10.2. The van der Waals surface area contributed by atoms with E-state index in [9.17, 15) is 17.2 Å². The van der Waals surface area contributed by atoms with Crippen LogP contribution in [0.2, 0.25) is 0 Å². The van der Waals surface area contributed by atoms with E-state index in [1.165, 1.54) is 4.31 Å². The van der Waals surface area contributed by atoms with Gasteiger partial charge < -0.3 is 5.11 Å². The van der Waals surface area contributed by atoms with E-state index in [0.29, 0.717) is 19.0 Å². The summed E-state index contributed by atoms with van der Waals surface area (Å²) in [5, 5.41) is 9.09. The second-order valence-corrected chi connectivity index (χ2v) is 6.57. The fourth-order valence-electron chi connectivity index (χ4n) is 2.18. The van der Waals surface area contributed by atoms with Crippen LogP contribution in [0, 0.1) is 17.6 Å². The minimum Gasteiger partial charge on any atom is -0.396 e. The number of aliphatic hydroxyl groups excluding tert-OH is 1. The van der Waals surface area contributed by atoms with Gasteiger partial charge in [-0.2, -0.15) is 4.31 Å². The third kappa shape index (κ3) is 2.93. The predicted molar refractivity (Wildman–Crippen MR) is 64.9 cm³/mol. The summed E-state index contributed by atoms with van der Waals surface area (Å²) >= 11 is 0. The fraction of sp³-hybridized carbons (Fsp3) is 0.500. The molecule has 1 aliphatic heterocycles. The van der Waals surface area contributed by atoms with Crippen LogP contribution in [0.1, 0.15) is 12.8 Å². The number of hydrogen-bond donors (Lipinski definition) is 1. The number of sulfonamides is 1. The van der Waals surface area contributed by atoms with Crippen LogP contribution in [0.4, 0.5) is 8.78 Å². The van der Waals surface area contributed by atoms with E-state index in [1.54, 1.807) is 0 Å². The summed E-state index contributed by atoms with van der Waals surface area (Å²) in [6.07, 6.45) is 1.41. The molecule has 1 fully saturated rings. The van der Waals surface area contributed by atoms with Crippen molar-refractivity contribution in [2.75, 3.05) is 19.7 Å². The first kappa shape index (κ1) is 14.4. The highest BCUT2D eigenvalue weighted by Gasteiger charge is 2.30. The second-order valence-electron chi connectivity index (χ2n) is 4.63. The van der Waals surface area contributed by atoms with Crippen LogP contribution >= 0.6 is 0 Å². The summed E-state index contributed by atoms with van der Waals surface area (Å²) in [4.78, 5) is -0.259. The van der Waals surface area contributed by atoms with Gasteiger partial charge in [-0.25, -0.2) is 17.2 Å². The molecule has 1 aromatic carbocycles. The average molecular weight is 291 g/mol. The lowest BCUT2D eigenvalue weighted by molar-refractivity contribution is 0.165. The molecule has 1 heterocycles. The van der Waals surface area contributed by atoms with Gasteiger partial charge in [0.2, 0.25) is 10.0 Å². The molecule has 1 unspecified atom stereocenters. The highest BCUT2D eigenvalue weighted by molar-refractivity contribution is 7.89. The van der Waals surface area contributed by atoms with Gasteiger partial charge in [0.1, 0.15) is 0 Å². The van der Waals surface area contributed by atoms with Gasteiger partial charge >= 0.3 is 0 Å². The van der Waals surface area contributed by atoms with Crippen molar-refractivity contribution < 1.29 is 22.3 Å². The van der Waals surface area contributed by atoms with Crippen LogP contribution in [0.15, 0.2) is 23.1 Å². The SMILES string of the molecule is O=S(=O)(c1ccc(F)c(F)c1)N1CCCC(CO)C1. The number of nitrogens with zero attached hydrogens (tertiary/aromatic N) is 1. The van der Waals surface area contributed by atoms with Crippen molar-refractivity contribution in [2.45, 2.75) is 17.7 Å². The molecule has 4 nitrogen and oxygen atoms in total. The minimum absolute atomic E-state index is 0.0796. The molecule has 106 valence electrons. The summed E-state index contributed by atoms with van der Waals surface area (Å²) in [6, 6.07) is 2.54.